The monoisotopic (exact) mass is 290 g/mol. The van der Waals surface area contributed by atoms with Crippen LogP contribution in [0.15, 0.2) is 12.2 Å². The summed E-state index contributed by atoms with van der Waals surface area (Å²) in [5.41, 5.74) is 0. The van der Waals surface area contributed by atoms with Crippen molar-refractivity contribution >= 4 is 17.7 Å². The van der Waals surface area contributed by atoms with Crippen LogP contribution in [0.4, 0.5) is 0 Å². The first-order valence-electron chi connectivity index (χ1n) is 7.96. The minimum atomic E-state index is -0.245. The predicted octanol–water partition coefficient (Wildman–Crippen LogP) is 1.39. The van der Waals surface area contributed by atoms with Crippen LogP contribution in [0.3, 0.4) is 0 Å². The van der Waals surface area contributed by atoms with Gasteiger partial charge in [-0.25, -0.2) is 0 Å². The average Bonchev–Trinajstić information content (AvgIpc) is 2.74. The molecule has 0 aromatic carbocycles. The summed E-state index contributed by atoms with van der Waals surface area (Å²) < 4.78 is 0. The van der Waals surface area contributed by atoms with Crippen LogP contribution in [-0.2, 0) is 14.4 Å². The SMILES string of the molecule is O=C(CN1C(=O)[C@@H]2CC=CC[C@H]2C1=O)NC1CCCCC1. The highest BCUT2D eigenvalue weighted by Gasteiger charge is 2.47. The highest BCUT2D eigenvalue weighted by molar-refractivity contribution is 6.07. The molecule has 3 amide bonds. The molecule has 114 valence electrons. The topological polar surface area (TPSA) is 66.5 Å². The zero-order valence-corrected chi connectivity index (χ0v) is 12.2. The van der Waals surface area contributed by atoms with E-state index in [0.29, 0.717) is 12.8 Å². The van der Waals surface area contributed by atoms with E-state index in [1.807, 2.05) is 12.2 Å². The van der Waals surface area contributed by atoms with Gasteiger partial charge in [-0.1, -0.05) is 31.4 Å². The van der Waals surface area contributed by atoms with Crippen LogP contribution in [0.1, 0.15) is 44.9 Å². The van der Waals surface area contributed by atoms with E-state index in [1.165, 1.54) is 11.3 Å². The molecule has 2 aliphatic carbocycles. The lowest BCUT2D eigenvalue weighted by atomic mass is 9.85. The molecule has 3 aliphatic rings. The van der Waals surface area contributed by atoms with E-state index in [2.05, 4.69) is 5.32 Å². The Morgan fingerprint density at radius 1 is 1.05 bits per heavy atom. The lowest BCUT2D eigenvalue weighted by Crippen LogP contribution is -2.45. The molecule has 5 heteroatoms. The van der Waals surface area contributed by atoms with Gasteiger partial charge in [0.05, 0.1) is 11.8 Å². The van der Waals surface area contributed by atoms with E-state index < -0.39 is 0 Å². The van der Waals surface area contributed by atoms with E-state index in [4.69, 9.17) is 0 Å². The molecule has 0 radical (unpaired) electrons. The number of likely N-dealkylation sites (tertiary alicyclic amines) is 1. The Morgan fingerprint density at radius 3 is 2.19 bits per heavy atom. The Balaban J connectivity index is 1.58. The van der Waals surface area contributed by atoms with Crippen LogP contribution in [0.2, 0.25) is 0 Å². The third-order valence-corrected chi connectivity index (χ3v) is 4.87. The van der Waals surface area contributed by atoms with Crippen molar-refractivity contribution in [2.45, 2.75) is 51.0 Å². The number of hydrogen-bond donors (Lipinski definition) is 1. The van der Waals surface area contributed by atoms with Crippen molar-refractivity contribution in [1.82, 2.24) is 10.2 Å². The molecule has 1 N–H and O–H groups in total. The summed E-state index contributed by atoms with van der Waals surface area (Å²) in [5.74, 6) is -1.04. The van der Waals surface area contributed by atoms with E-state index in [0.717, 1.165) is 25.7 Å². The van der Waals surface area contributed by atoms with Crippen molar-refractivity contribution in [2.75, 3.05) is 6.54 Å². The molecule has 0 spiro atoms. The lowest BCUT2D eigenvalue weighted by Gasteiger charge is -2.24. The number of amides is 3. The third kappa shape index (κ3) is 2.87. The van der Waals surface area contributed by atoms with Gasteiger partial charge in [0.1, 0.15) is 6.54 Å². The summed E-state index contributed by atoms with van der Waals surface area (Å²) in [6.45, 7) is -0.110. The second kappa shape index (κ2) is 6.00. The molecule has 21 heavy (non-hydrogen) atoms. The molecule has 5 nitrogen and oxygen atoms in total. The minimum Gasteiger partial charge on any atom is -0.352 e. The second-order valence-corrected chi connectivity index (χ2v) is 6.32. The zero-order chi connectivity index (χ0) is 14.8. The number of rotatable bonds is 3. The van der Waals surface area contributed by atoms with E-state index in [-0.39, 0.29) is 42.1 Å². The number of nitrogens with one attached hydrogen (secondary N) is 1. The summed E-state index contributed by atoms with van der Waals surface area (Å²) in [4.78, 5) is 37.8. The number of nitrogens with zero attached hydrogens (tertiary/aromatic N) is 1. The van der Waals surface area contributed by atoms with Crippen molar-refractivity contribution in [3.8, 4) is 0 Å². The summed E-state index contributed by atoms with van der Waals surface area (Å²) in [6, 6.07) is 0.211. The van der Waals surface area contributed by atoms with Gasteiger partial charge in [0.2, 0.25) is 17.7 Å². The molecule has 1 saturated heterocycles. The molecule has 1 saturated carbocycles. The number of hydrogen-bond acceptors (Lipinski definition) is 3. The zero-order valence-electron chi connectivity index (χ0n) is 12.2. The van der Waals surface area contributed by atoms with Crippen LogP contribution in [0, 0.1) is 11.8 Å². The molecule has 0 aromatic rings. The van der Waals surface area contributed by atoms with Crippen molar-refractivity contribution in [3.05, 3.63) is 12.2 Å². The van der Waals surface area contributed by atoms with Gasteiger partial charge in [0.15, 0.2) is 0 Å². The first-order chi connectivity index (χ1) is 10.2. The Morgan fingerprint density at radius 2 is 1.62 bits per heavy atom. The normalized spacial score (nSPS) is 29.6. The largest absolute Gasteiger partial charge is 0.352 e. The lowest BCUT2D eigenvalue weighted by molar-refractivity contribution is -0.143. The van der Waals surface area contributed by atoms with Crippen LogP contribution in [0.25, 0.3) is 0 Å². The quantitative estimate of drug-likeness (QED) is 0.631. The average molecular weight is 290 g/mol. The molecule has 1 heterocycles. The Kier molecular flexibility index (Phi) is 4.08. The van der Waals surface area contributed by atoms with Crippen LogP contribution in [-0.4, -0.2) is 35.2 Å². The molecule has 0 aromatic heterocycles. The smallest absolute Gasteiger partial charge is 0.240 e. The van der Waals surface area contributed by atoms with Gasteiger partial charge in [0.25, 0.3) is 0 Å². The Bertz CT molecular complexity index is 454. The van der Waals surface area contributed by atoms with E-state index >= 15 is 0 Å². The predicted molar refractivity (Wildman–Crippen MR) is 77.1 cm³/mol. The number of fused-ring (bicyclic) bond motifs is 1. The van der Waals surface area contributed by atoms with Crippen LogP contribution >= 0.6 is 0 Å². The molecule has 2 fully saturated rings. The molecule has 1 aliphatic heterocycles. The first kappa shape index (κ1) is 14.3. The van der Waals surface area contributed by atoms with Gasteiger partial charge in [-0.05, 0) is 25.7 Å². The third-order valence-electron chi connectivity index (χ3n) is 4.87. The second-order valence-electron chi connectivity index (χ2n) is 6.32. The van der Waals surface area contributed by atoms with Gasteiger partial charge in [-0.15, -0.1) is 0 Å². The molecule has 3 rings (SSSR count). The van der Waals surface area contributed by atoms with Crippen molar-refractivity contribution < 1.29 is 14.4 Å². The highest BCUT2D eigenvalue weighted by Crippen LogP contribution is 2.34. The maximum absolute atomic E-state index is 12.3. The first-order valence-corrected chi connectivity index (χ1v) is 7.96. The van der Waals surface area contributed by atoms with Crippen molar-refractivity contribution in [2.24, 2.45) is 11.8 Å². The molecule has 0 unspecified atom stereocenters. The number of allylic oxidation sites excluding steroid dienone is 2. The minimum absolute atomic E-state index is 0.110. The van der Waals surface area contributed by atoms with Gasteiger partial charge < -0.3 is 5.32 Å². The summed E-state index contributed by atoms with van der Waals surface area (Å²) in [7, 11) is 0. The number of imide groups is 1. The van der Waals surface area contributed by atoms with E-state index in [1.54, 1.807) is 0 Å². The summed E-state index contributed by atoms with van der Waals surface area (Å²) in [6.07, 6.45) is 10.7. The maximum Gasteiger partial charge on any atom is 0.240 e. The van der Waals surface area contributed by atoms with E-state index in [9.17, 15) is 14.4 Å². The fourth-order valence-corrected chi connectivity index (χ4v) is 3.69. The molecular weight excluding hydrogens is 268 g/mol. The summed E-state index contributed by atoms with van der Waals surface area (Å²) in [5, 5.41) is 2.97. The number of carbonyl (C=O) groups excluding carboxylic acids is 3. The van der Waals surface area contributed by atoms with Gasteiger partial charge in [0, 0.05) is 6.04 Å². The number of carbonyl (C=O) groups is 3. The standard InChI is InChI=1S/C16H22N2O3/c19-14(17-11-6-2-1-3-7-11)10-18-15(20)12-8-4-5-9-13(12)16(18)21/h4-5,11-13H,1-3,6-10H2,(H,17,19)/t12-,13-/m1/s1. The van der Waals surface area contributed by atoms with Gasteiger partial charge >= 0.3 is 0 Å². The van der Waals surface area contributed by atoms with Crippen molar-refractivity contribution in [3.63, 3.8) is 0 Å². The molecule has 2 atom stereocenters. The maximum atomic E-state index is 12.3. The Labute approximate surface area is 124 Å². The Hall–Kier alpha value is -1.65. The van der Waals surface area contributed by atoms with Crippen molar-refractivity contribution in [1.29, 1.82) is 0 Å². The fraction of sp³-hybridized carbons (Fsp3) is 0.688. The van der Waals surface area contributed by atoms with Gasteiger partial charge in [-0.2, -0.15) is 0 Å². The summed E-state index contributed by atoms with van der Waals surface area (Å²) >= 11 is 0. The molecular formula is C16H22N2O3. The highest BCUT2D eigenvalue weighted by atomic mass is 16.2. The van der Waals surface area contributed by atoms with Crippen LogP contribution < -0.4 is 5.32 Å². The van der Waals surface area contributed by atoms with Crippen LogP contribution in [0.5, 0.6) is 0 Å². The molecule has 0 bridgehead atoms. The fourth-order valence-electron chi connectivity index (χ4n) is 3.69. The van der Waals surface area contributed by atoms with Gasteiger partial charge in [-0.3, -0.25) is 19.3 Å².